The normalized spacial score (nSPS) is 28.5. The standard InChI is InChI=1S/C45H47N3O6S/c1-23-15-28-16-34-36(18-46)48-35(40(47(34)6)38(28)26(4)25(23)3)17-45(51)39(42-41(53-22-54-42)27(5)43(45)49)37(48)19-52-44(50)24(2)20-55-21-33-31-13-9-7-11-29(31)30-12-8-10-14-32(30)33/h7-15,24,33-37,40,51H,16-17,19-22H2,1-6H3/t24-,34+,35?,36+,37+,40+,45?/m1/s1. The molecule has 9 nitrogen and oxygen atoms in total. The first kappa shape index (κ1) is 36.3. The lowest BCUT2D eigenvalue weighted by Crippen LogP contribution is -2.74. The summed E-state index contributed by atoms with van der Waals surface area (Å²) in [7, 11) is 2.06. The second-order valence-corrected chi connectivity index (χ2v) is 17.4. The third-order valence-electron chi connectivity index (χ3n) is 13.5. The van der Waals surface area contributed by atoms with Gasteiger partial charge in [0.05, 0.1) is 24.1 Å². The van der Waals surface area contributed by atoms with E-state index in [0.29, 0.717) is 34.8 Å². The molecule has 284 valence electrons. The molecule has 4 heterocycles. The molecule has 0 radical (unpaired) electrons. The van der Waals surface area contributed by atoms with Crippen molar-refractivity contribution < 1.29 is 28.9 Å². The van der Waals surface area contributed by atoms with Crippen molar-refractivity contribution in [1.29, 1.82) is 5.26 Å². The molecule has 3 aromatic rings. The van der Waals surface area contributed by atoms with Gasteiger partial charge in [-0.25, -0.2) is 0 Å². The first-order valence-electron chi connectivity index (χ1n) is 19.4. The Balaban J connectivity index is 1.02. The fourth-order valence-electron chi connectivity index (χ4n) is 10.6. The monoisotopic (exact) mass is 757 g/mol. The summed E-state index contributed by atoms with van der Waals surface area (Å²) in [6.07, 6.45) is 0.747. The summed E-state index contributed by atoms with van der Waals surface area (Å²) in [5.74, 6) is 1.08. The maximum absolute atomic E-state index is 14.3. The van der Waals surface area contributed by atoms with E-state index in [1.807, 2.05) is 6.92 Å². The molecule has 0 spiro atoms. The smallest absolute Gasteiger partial charge is 0.309 e. The highest BCUT2D eigenvalue weighted by molar-refractivity contribution is 7.99. The van der Waals surface area contributed by atoms with Crippen LogP contribution in [0.15, 0.2) is 77.3 Å². The number of aliphatic hydroxyl groups is 1. The first-order chi connectivity index (χ1) is 26.5. The Morgan fingerprint density at radius 1 is 1.04 bits per heavy atom. The van der Waals surface area contributed by atoms with Gasteiger partial charge in [0.15, 0.2) is 22.9 Å². The predicted molar refractivity (Wildman–Crippen MR) is 210 cm³/mol. The molecule has 6 aliphatic rings. The number of nitriles is 1. The summed E-state index contributed by atoms with van der Waals surface area (Å²) >= 11 is 1.74. The number of carbonyl (C=O) groups excluding carboxylic acids is 2. The van der Waals surface area contributed by atoms with Crippen molar-refractivity contribution in [3.05, 3.63) is 116 Å². The fraction of sp³-hybridized carbons (Fsp3) is 0.444. The number of carbonyl (C=O) groups is 2. The number of piperidine rings is 1. The molecular formula is C45H47N3O6S. The van der Waals surface area contributed by atoms with Gasteiger partial charge in [-0.15, -0.1) is 0 Å². The van der Waals surface area contributed by atoms with E-state index in [2.05, 4.69) is 98.3 Å². The van der Waals surface area contributed by atoms with Crippen molar-refractivity contribution in [3.63, 3.8) is 0 Å². The van der Waals surface area contributed by atoms with Gasteiger partial charge < -0.3 is 19.3 Å². The van der Waals surface area contributed by atoms with Gasteiger partial charge in [-0.3, -0.25) is 19.4 Å². The van der Waals surface area contributed by atoms with Crippen molar-refractivity contribution in [3.8, 4) is 17.2 Å². The summed E-state index contributed by atoms with van der Waals surface area (Å²) < 4.78 is 18.1. The van der Waals surface area contributed by atoms with E-state index in [1.54, 1.807) is 18.7 Å². The van der Waals surface area contributed by atoms with Crippen molar-refractivity contribution >= 4 is 23.5 Å². The number of rotatable bonds is 7. The Morgan fingerprint density at radius 3 is 2.40 bits per heavy atom. The van der Waals surface area contributed by atoms with Crippen molar-refractivity contribution in [1.82, 2.24) is 9.80 Å². The Labute approximate surface area is 326 Å². The zero-order chi connectivity index (χ0) is 38.5. The van der Waals surface area contributed by atoms with Gasteiger partial charge in [0.25, 0.3) is 0 Å². The van der Waals surface area contributed by atoms with Crippen molar-refractivity contribution in [2.24, 2.45) is 5.92 Å². The van der Waals surface area contributed by atoms with Gasteiger partial charge >= 0.3 is 5.97 Å². The molecule has 55 heavy (non-hydrogen) atoms. The molecule has 0 amide bonds. The van der Waals surface area contributed by atoms with Gasteiger partial charge in [-0.2, -0.15) is 17.0 Å². The molecule has 0 aromatic heterocycles. The molecule has 2 aliphatic carbocycles. The van der Waals surface area contributed by atoms with E-state index in [0.717, 1.165) is 5.75 Å². The number of nitrogens with zero attached hydrogens (tertiary/aromatic N) is 3. The minimum atomic E-state index is -1.93. The van der Waals surface area contributed by atoms with Crippen LogP contribution in [-0.2, 0) is 30.2 Å². The second-order valence-electron chi connectivity index (χ2n) is 16.3. The number of Topliss-reactive ketones (excluding diaryl/α,β-unsaturated/α-hetero) is 1. The van der Waals surface area contributed by atoms with Crippen LogP contribution in [0.3, 0.4) is 0 Å². The number of hydrogen-bond donors (Lipinski definition) is 1. The molecular weight excluding hydrogens is 711 g/mol. The number of ether oxygens (including phenoxy) is 3. The van der Waals surface area contributed by atoms with Crippen LogP contribution in [-0.4, -0.2) is 88.4 Å². The number of likely N-dealkylation sites (N-methyl/N-ethyl adjacent to an activating group) is 1. The summed E-state index contributed by atoms with van der Waals surface area (Å²) in [6, 6.07) is 19.8. The zero-order valence-electron chi connectivity index (χ0n) is 32.2. The highest BCUT2D eigenvalue weighted by Gasteiger charge is 2.64. The van der Waals surface area contributed by atoms with E-state index in [-0.39, 0.29) is 43.8 Å². The highest BCUT2D eigenvalue weighted by atomic mass is 32.2. The van der Waals surface area contributed by atoms with Gasteiger partial charge in [0, 0.05) is 47.1 Å². The van der Waals surface area contributed by atoms with Crippen LogP contribution in [0.5, 0.6) is 0 Å². The summed E-state index contributed by atoms with van der Waals surface area (Å²) in [5.41, 5.74) is 9.92. The van der Waals surface area contributed by atoms with Crippen LogP contribution in [0.4, 0.5) is 0 Å². The van der Waals surface area contributed by atoms with Crippen LogP contribution in [0.1, 0.15) is 71.2 Å². The maximum atomic E-state index is 14.3. The minimum Gasteiger partial charge on any atom is -0.463 e. The van der Waals surface area contributed by atoms with Crippen molar-refractivity contribution in [2.45, 2.75) is 89.2 Å². The minimum absolute atomic E-state index is 0.0648. The molecule has 9 rings (SSSR count). The molecule has 3 aromatic carbocycles. The highest BCUT2D eigenvalue weighted by Crippen LogP contribution is 2.55. The molecule has 3 saturated heterocycles. The Hall–Kier alpha value is -4.40. The second kappa shape index (κ2) is 13.4. The van der Waals surface area contributed by atoms with E-state index in [1.165, 1.54) is 50.1 Å². The van der Waals surface area contributed by atoms with Crippen molar-refractivity contribution in [2.75, 3.05) is 32.0 Å². The lowest BCUT2D eigenvalue weighted by atomic mass is 9.64. The fourth-order valence-corrected chi connectivity index (χ4v) is 11.8. The van der Waals surface area contributed by atoms with Crippen LogP contribution < -0.4 is 0 Å². The van der Waals surface area contributed by atoms with E-state index in [9.17, 15) is 20.0 Å². The molecule has 0 saturated carbocycles. The van der Waals surface area contributed by atoms with Crippen LogP contribution in [0.25, 0.3) is 11.1 Å². The third-order valence-corrected chi connectivity index (χ3v) is 14.8. The molecule has 1 N–H and O–H groups in total. The summed E-state index contributed by atoms with van der Waals surface area (Å²) in [4.78, 5) is 32.6. The molecule has 10 heteroatoms. The SMILES string of the molecule is CC1=C2OCOC2=C2[C@H](COC(=O)[C@H](C)CSCC3c4ccccc4-c4ccccc43)N3C(CC2(O)C1=O)[C@H]1c2c(cc(C)c(C)c2C)C[C@@H]([C@@H]3C#N)N1C. The number of esters is 1. The molecule has 2 bridgehead atoms. The first-order valence-corrected chi connectivity index (χ1v) is 20.5. The number of ketones is 1. The number of benzene rings is 3. The number of hydrogen-bond acceptors (Lipinski definition) is 10. The Kier molecular flexibility index (Phi) is 8.81. The number of aryl methyl sites for hydroxylation is 1. The Morgan fingerprint density at radius 2 is 1.71 bits per heavy atom. The van der Waals surface area contributed by atoms with Crippen LogP contribution in [0.2, 0.25) is 0 Å². The number of piperazine rings is 1. The van der Waals surface area contributed by atoms with Gasteiger partial charge in [-0.05, 0) is 91.2 Å². The average Bonchev–Trinajstić information content (AvgIpc) is 3.79. The maximum Gasteiger partial charge on any atom is 0.309 e. The number of thioether (sulfide) groups is 1. The third kappa shape index (κ3) is 5.30. The molecule has 4 aliphatic heterocycles. The summed E-state index contributed by atoms with van der Waals surface area (Å²) in [5, 5.41) is 23.7. The molecule has 2 unspecified atom stereocenters. The quantitative estimate of drug-likeness (QED) is 0.271. The molecule has 3 fully saturated rings. The average molecular weight is 758 g/mol. The van der Waals surface area contributed by atoms with E-state index in [4.69, 9.17) is 14.2 Å². The van der Waals surface area contributed by atoms with E-state index < -0.39 is 35.4 Å². The number of fused-ring (bicyclic) bond motifs is 11. The van der Waals surface area contributed by atoms with Crippen LogP contribution >= 0.6 is 11.8 Å². The van der Waals surface area contributed by atoms with E-state index >= 15 is 0 Å². The molecule has 7 atom stereocenters. The predicted octanol–water partition coefficient (Wildman–Crippen LogP) is 6.43. The lowest BCUT2D eigenvalue weighted by molar-refractivity contribution is -0.160. The summed E-state index contributed by atoms with van der Waals surface area (Å²) in [6.45, 7) is 9.74. The zero-order valence-corrected chi connectivity index (χ0v) is 33.0. The van der Waals surface area contributed by atoms with Gasteiger partial charge in [-0.1, -0.05) is 61.5 Å². The topological polar surface area (TPSA) is 112 Å². The van der Waals surface area contributed by atoms with Gasteiger partial charge in [0.1, 0.15) is 12.6 Å². The Bertz CT molecular complexity index is 2210. The van der Waals surface area contributed by atoms with Crippen LogP contribution in [0, 0.1) is 38.0 Å². The largest absolute Gasteiger partial charge is 0.463 e. The lowest BCUT2D eigenvalue weighted by Gasteiger charge is -2.62. The van der Waals surface area contributed by atoms with Gasteiger partial charge in [0.2, 0.25) is 6.79 Å².